The minimum Gasteiger partial charge on any atom is -0.486 e. The number of ether oxygens (including phenoxy) is 1. The summed E-state index contributed by atoms with van der Waals surface area (Å²) in [5.74, 6) is 0.971. The Morgan fingerprint density at radius 2 is 2.33 bits per heavy atom. The fraction of sp³-hybridized carbons (Fsp3) is 0.231. The SMILES string of the molecule is C=CC(C)OC1=CCc2ccc(Br)cc21. The van der Waals surface area contributed by atoms with E-state index in [1.54, 1.807) is 6.08 Å². The van der Waals surface area contributed by atoms with E-state index in [-0.39, 0.29) is 6.10 Å². The summed E-state index contributed by atoms with van der Waals surface area (Å²) in [6.45, 7) is 5.70. The Balaban J connectivity index is 2.26. The molecule has 0 N–H and O–H groups in total. The molecular weight excluding hydrogens is 252 g/mol. The Kier molecular flexibility index (Phi) is 2.96. The zero-order valence-electron chi connectivity index (χ0n) is 8.66. The van der Waals surface area contributed by atoms with Gasteiger partial charge in [-0.2, -0.15) is 0 Å². The van der Waals surface area contributed by atoms with Gasteiger partial charge in [0, 0.05) is 10.0 Å². The summed E-state index contributed by atoms with van der Waals surface area (Å²) in [6.07, 6.45) is 4.94. The van der Waals surface area contributed by atoms with Gasteiger partial charge in [0.1, 0.15) is 11.9 Å². The quantitative estimate of drug-likeness (QED) is 0.752. The number of hydrogen-bond acceptors (Lipinski definition) is 1. The van der Waals surface area contributed by atoms with Crippen LogP contribution in [0.4, 0.5) is 0 Å². The highest BCUT2D eigenvalue weighted by Crippen LogP contribution is 2.31. The van der Waals surface area contributed by atoms with E-state index in [0.29, 0.717) is 0 Å². The summed E-state index contributed by atoms with van der Waals surface area (Å²) in [7, 11) is 0. The minimum atomic E-state index is 0.0566. The Morgan fingerprint density at radius 3 is 3.07 bits per heavy atom. The predicted molar refractivity (Wildman–Crippen MR) is 66.6 cm³/mol. The van der Waals surface area contributed by atoms with Gasteiger partial charge in [0.05, 0.1) is 0 Å². The number of allylic oxidation sites excluding steroid dienone is 1. The molecule has 1 aliphatic carbocycles. The average molecular weight is 265 g/mol. The Hall–Kier alpha value is -1.02. The molecule has 15 heavy (non-hydrogen) atoms. The molecule has 0 radical (unpaired) electrons. The van der Waals surface area contributed by atoms with Crippen LogP contribution in [0.2, 0.25) is 0 Å². The van der Waals surface area contributed by atoms with Crippen LogP contribution in [-0.4, -0.2) is 6.10 Å². The van der Waals surface area contributed by atoms with E-state index in [1.807, 2.05) is 6.92 Å². The zero-order chi connectivity index (χ0) is 10.8. The average Bonchev–Trinajstić information content (AvgIpc) is 2.61. The van der Waals surface area contributed by atoms with Crippen LogP contribution in [-0.2, 0) is 11.2 Å². The third kappa shape index (κ3) is 2.15. The number of benzene rings is 1. The van der Waals surface area contributed by atoms with Crippen molar-refractivity contribution in [1.29, 1.82) is 0 Å². The van der Waals surface area contributed by atoms with Crippen molar-refractivity contribution in [3.8, 4) is 0 Å². The summed E-state index contributed by atoms with van der Waals surface area (Å²) in [5.41, 5.74) is 2.52. The molecule has 1 atom stereocenters. The number of rotatable bonds is 3. The molecule has 0 fully saturated rings. The van der Waals surface area contributed by atoms with Gasteiger partial charge in [-0.05, 0) is 37.1 Å². The van der Waals surface area contributed by atoms with E-state index in [4.69, 9.17) is 4.74 Å². The zero-order valence-corrected chi connectivity index (χ0v) is 10.3. The van der Waals surface area contributed by atoms with E-state index in [0.717, 1.165) is 16.7 Å². The highest BCUT2D eigenvalue weighted by Gasteiger charge is 2.16. The highest BCUT2D eigenvalue weighted by atomic mass is 79.9. The molecule has 1 unspecified atom stereocenters. The van der Waals surface area contributed by atoms with Gasteiger partial charge in [-0.3, -0.25) is 0 Å². The molecule has 0 bridgehead atoms. The lowest BCUT2D eigenvalue weighted by Crippen LogP contribution is -2.02. The molecule has 2 heteroatoms. The van der Waals surface area contributed by atoms with Crippen LogP contribution in [0.3, 0.4) is 0 Å². The summed E-state index contributed by atoms with van der Waals surface area (Å²) in [5, 5.41) is 0. The number of halogens is 1. The van der Waals surface area contributed by atoms with Crippen LogP contribution < -0.4 is 0 Å². The van der Waals surface area contributed by atoms with Crippen molar-refractivity contribution in [2.45, 2.75) is 19.4 Å². The van der Waals surface area contributed by atoms with Gasteiger partial charge in [-0.15, -0.1) is 0 Å². The van der Waals surface area contributed by atoms with E-state index in [2.05, 4.69) is 46.8 Å². The number of fused-ring (bicyclic) bond motifs is 1. The first-order valence-electron chi connectivity index (χ1n) is 4.99. The number of hydrogen-bond donors (Lipinski definition) is 0. The van der Waals surface area contributed by atoms with Crippen molar-refractivity contribution < 1.29 is 4.74 Å². The second-order valence-corrected chi connectivity index (χ2v) is 4.55. The van der Waals surface area contributed by atoms with Crippen LogP contribution >= 0.6 is 15.9 Å². The van der Waals surface area contributed by atoms with Gasteiger partial charge >= 0.3 is 0 Å². The Bertz CT molecular complexity index is 421. The van der Waals surface area contributed by atoms with E-state index in [9.17, 15) is 0 Å². The molecule has 0 spiro atoms. The molecule has 78 valence electrons. The van der Waals surface area contributed by atoms with Crippen LogP contribution in [0.1, 0.15) is 18.1 Å². The van der Waals surface area contributed by atoms with Crippen molar-refractivity contribution in [3.05, 3.63) is 52.5 Å². The maximum absolute atomic E-state index is 5.76. The molecule has 0 heterocycles. The third-order valence-electron chi connectivity index (χ3n) is 2.49. The molecule has 0 aliphatic heterocycles. The second-order valence-electron chi connectivity index (χ2n) is 3.63. The molecule has 1 aromatic carbocycles. The monoisotopic (exact) mass is 264 g/mol. The first kappa shape index (κ1) is 10.5. The molecule has 1 aromatic rings. The van der Waals surface area contributed by atoms with Gasteiger partial charge in [-0.25, -0.2) is 0 Å². The maximum Gasteiger partial charge on any atom is 0.124 e. The predicted octanol–water partition coefficient (Wildman–Crippen LogP) is 3.94. The van der Waals surface area contributed by atoms with Gasteiger partial charge in [0.15, 0.2) is 0 Å². The Morgan fingerprint density at radius 1 is 1.53 bits per heavy atom. The fourth-order valence-corrected chi connectivity index (χ4v) is 1.99. The second kappa shape index (κ2) is 4.23. The molecule has 0 amide bonds. The van der Waals surface area contributed by atoms with Crippen molar-refractivity contribution in [3.63, 3.8) is 0 Å². The van der Waals surface area contributed by atoms with Crippen LogP contribution in [0.25, 0.3) is 5.76 Å². The molecule has 0 aromatic heterocycles. The summed E-state index contributed by atoms with van der Waals surface area (Å²) in [4.78, 5) is 0. The summed E-state index contributed by atoms with van der Waals surface area (Å²) < 4.78 is 6.85. The van der Waals surface area contributed by atoms with Gasteiger partial charge < -0.3 is 4.74 Å². The molecule has 1 nitrogen and oxygen atoms in total. The third-order valence-corrected chi connectivity index (χ3v) is 2.98. The molecular formula is C13H13BrO. The highest BCUT2D eigenvalue weighted by molar-refractivity contribution is 9.10. The van der Waals surface area contributed by atoms with Crippen LogP contribution in [0, 0.1) is 0 Å². The first-order valence-corrected chi connectivity index (χ1v) is 5.78. The minimum absolute atomic E-state index is 0.0566. The van der Waals surface area contributed by atoms with Crippen LogP contribution in [0.5, 0.6) is 0 Å². The lowest BCUT2D eigenvalue weighted by Gasteiger charge is -2.12. The summed E-state index contributed by atoms with van der Waals surface area (Å²) >= 11 is 3.47. The molecule has 0 saturated heterocycles. The van der Waals surface area contributed by atoms with Crippen molar-refractivity contribution >= 4 is 21.7 Å². The topological polar surface area (TPSA) is 9.23 Å². The van der Waals surface area contributed by atoms with E-state index in [1.165, 1.54) is 11.1 Å². The lowest BCUT2D eigenvalue weighted by atomic mass is 10.1. The smallest absolute Gasteiger partial charge is 0.124 e. The first-order chi connectivity index (χ1) is 7.20. The Labute approximate surface area is 98.6 Å². The molecule has 1 aliphatic rings. The maximum atomic E-state index is 5.76. The summed E-state index contributed by atoms with van der Waals surface area (Å²) in [6, 6.07) is 6.29. The van der Waals surface area contributed by atoms with Gasteiger partial charge in [0.2, 0.25) is 0 Å². The van der Waals surface area contributed by atoms with Crippen molar-refractivity contribution in [1.82, 2.24) is 0 Å². The molecule has 2 rings (SSSR count). The standard InChI is InChI=1S/C13H13BrO/c1-3-9(2)15-13-7-5-10-4-6-11(14)8-12(10)13/h3-4,6-9H,1,5H2,2H3. The van der Waals surface area contributed by atoms with Crippen molar-refractivity contribution in [2.75, 3.05) is 0 Å². The largest absolute Gasteiger partial charge is 0.486 e. The normalized spacial score (nSPS) is 15.5. The molecule has 0 saturated carbocycles. The van der Waals surface area contributed by atoms with E-state index < -0.39 is 0 Å². The van der Waals surface area contributed by atoms with E-state index >= 15 is 0 Å². The van der Waals surface area contributed by atoms with Gasteiger partial charge in [0.25, 0.3) is 0 Å². The fourth-order valence-electron chi connectivity index (χ4n) is 1.63. The van der Waals surface area contributed by atoms with Crippen molar-refractivity contribution in [2.24, 2.45) is 0 Å². The van der Waals surface area contributed by atoms with Gasteiger partial charge in [-0.1, -0.05) is 34.7 Å². The van der Waals surface area contributed by atoms with Crippen LogP contribution in [0.15, 0.2) is 41.4 Å². The lowest BCUT2D eigenvalue weighted by molar-refractivity contribution is 0.231.